The van der Waals surface area contributed by atoms with Gasteiger partial charge in [0.05, 0.1) is 22.8 Å². The summed E-state index contributed by atoms with van der Waals surface area (Å²) in [5.74, 6) is 0. The molecule has 3 aliphatic heterocycles. The highest BCUT2D eigenvalue weighted by atomic mass is 14.9. The summed E-state index contributed by atoms with van der Waals surface area (Å²) < 4.78 is 0. The van der Waals surface area contributed by atoms with Crippen LogP contribution in [0.4, 0.5) is 0 Å². The molecule has 150 valence electrons. The molecule has 0 amide bonds. The lowest BCUT2D eigenvalue weighted by atomic mass is 10.2. The highest BCUT2D eigenvalue weighted by Crippen LogP contribution is 2.16. The third-order valence-electron chi connectivity index (χ3n) is 5.25. The molecule has 0 unspecified atom stereocenters. The van der Waals surface area contributed by atoms with Crippen molar-refractivity contribution < 1.29 is 0 Å². The van der Waals surface area contributed by atoms with Crippen molar-refractivity contribution in [2.24, 2.45) is 0 Å². The molecule has 5 nitrogen and oxygen atoms in total. The number of hydrogen-bond acceptors (Lipinski definition) is 3. The van der Waals surface area contributed by atoms with E-state index in [-0.39, 0.29) is 0 Å². The quantitative estimate of drug-likeness (QED) is 0.328. The van der Waals surface area contributed by atoms with Crippen molar-refractivity contribution in [3.63, 3.8) is 0 Å². The number of nitrogens with one attached hydrogen (secondary N) is 3. The Bertz CT molecular complexity index is 1070. The number of aromatic amines is 2. The molecule has 0 aromatic carbocycles. The molecule has 3 aliphatic rings. The molecule has 0 radical (unpaired) electrons. The average Bonchev–Trinajstić information content (AvgIpc) is 3.56. The molecule has 5 heteroatoms. The van der Waals surface area contributed by atoms with Gasteiger partial charge in [0.1, 0.15) is 0 Å². The number of piperidine rings is 1. The first kappa shape index (κ1) is 18.6. The van der Waals surface area contributed by atoms with E-state index < -0.39 is 0 Å². The Morgan fingerprint density at radius 1 is 0.500 bits per heavy atom. The van der Waals surface area contributed by atoms with Gasteiger partial charge in [0.25, 0.3) is 0 Å². The molecule has 3 aromatic rings. The zero-order valence-corrected chi connectivity index (χ0v) is 16.9. The van der Waals surface area contributed by atoms with E-state index in [0.717, 1.165) is 44.8 Å². The SMILES string of the molecule is C1=Cc2cc3ccc(cc4nc(cc5ccc(cc1n2)[nH]5)C=C4)[nH]3.C1CCNCC1. The summed E-state index contributed by atoms with van der Waals surface area (Å²) in [4.78, 5) is 16.0. The van der Waals surface area contributed by atoms with Crippen LogP contribution in [0.15, 0.2) is 48.5 Å². The lowest BCUT2D eigenvalue weighted by Crippen LogP contribution is -2.21. The van der Waals surface area contributed by atoms with Gasteiger partial charge in [-0.1, -0.05) is 6.42 Å². The smallest absolute Gasteiger partial charge is 0.0658 e. The fourth-order valence-electron chi connectivity index (χ4n) is 3.75. The van der Waals surface area contributed by atoms with E-state index in [2.05, 4.69) is 49.5 Å². The van der Waals surface area contributed by atoms with Gasteiger partial charge in [-0.25, -0.2) is 9.97 Å². The van der Waals surface area contributed by atoms with Gasteiger partial charge < -0.3 is 15.3 Å². The molecule has 1 fully saturated rings. The summed E-state index contributed by atoms with van der Waals surface area (Å²) in [6, 6.07) is 16.4. The second kappa shape index (κ2) is 8.51. The maximum atomic E-state index is 4.63. The van der Waals surface area contributed by atoms with Crippen LogP contribution in [0, 0.1) is 0 Å². The van der Waals surface area contributed by atoms with Gasteiger partial charge in [-0.15, -0.1) is 0 Å². The zero-order chi connectivity index (χ0) is 20.2. The van der Waals surface area contributed by atoms with Gasteiger partial charge >= 0.3 is 0 Å². The Kier molecular flexibility index (Phi) is 5.27. The van der Waals surface area contributed by atoms with Crippen LogP contribution in [0.1, 0.15) is 42.0 Å². The molecule has 0 saturated carbocycles. The first-order chi connectivity index (χ1) is 14.8. The minimum Gasteiger partial charge on any atom is -0.355 e. The number of fused-ring (bicyclic) bond motifs is 8. The molecule has 0 spiro atoms. The van der Waals surface area contributed by atoms with Crippen molar-refractivity contribution in [3.05, 3.63) is 71.3 Å². The highest BCUT2D eigenvalue weighted by Gasteiger charge is 2.01. The van der Waals surface area contributed by atoms with Crippen molar-refractivity contribution >= 4 is 46.4 Å². The first-order valence-electron chi connectivity index (χ1n) is 10.6. The Morgan fingerprint density at radius 2 is 0.867 bits per heavy atom. The number of nitrogens with zero attached hydrogens (tertiary/aromatic N) is 2. The lowest BCUT2D eigenvalue weighted by molar-refractivity contribution is 0.520. The number of aromatic nitrogens is 4. The van der Waals surface area contributed by atoms with Crippen molar-refractivity contribution in [2.45, 2.75) is 19.3 Å². The van der Waals surface area contributed by atoms with Gasteiger partial charge in [0.15, 0.2) is 0 Å². The van der Waals surface area contributed by atoms with Crippen LogP contribution >= 0.6 is 0 Å². The maximum absolute atomic E-state index is 4.63. The predicted octanol–water partition coefficient (Wildman–Crippen LogP) is 5.42. The average molecular weight is 396 g/mol. The van der Waals surface area contributed by atoms with Gasteiger partial charge in [0, 0.05) is 22.1 Å². The molecule has 6 rings (SSSR count). The van der Waals surface area contributed by atoms with Gasteiger partial charge in [-0.2, -0.15) is 0 Å². The maximum Gasteiger partial charge on any atom is 0.0658 e. The minimum atomic E-state index is 0.939. The van der Waals surface area contributed by atoms with E-state index in [1.54, 1.807) is 0 Å². The second-order valence-electron chi connectivity index (χ2n) is 7.72. The molecule has 3 aromatic heterocycles. The third kappa shape index (κ3) is 4.58. The fourth-order valence-corrected chi connectivity index (χ4v) is 3.75. The topological polar surface area (TPSA) is 69.4 Å². The normalized spacial score (nSPS) is 14.9. The molecule has 0 aliphatic carbocycles. The monoisotopic (exact) mass is 395 g/mol. The van der Waals surface area contributed by atoms with Crippen LogP contribution in [-0.4, -0.2) is 33.0 Å². The molecule has 30 heavy (non-hydrogen) atoms. The van der Waals surface area contributed by atoms with Crippen molar-refractivity contribution in [2.75, 3.05) is 13.1 Å². The van der Waals surface area contributed by atoms with Crippen LogP contribution in [0.25, 0.3) is 46.4 Å². The largest absolute Gasteiger partial charge is 0.355 e. The van der Waals surface area contributed by atoms with E-state index in [4.69, 9.17) is 0 Å². The Morgan fingerprint density at radius 3 is 1.13 bits per heavy atom. The summed E-state index contributed by atoms with van der Waals surface area (Å²) in [5.41, 5.74) is 7.86. The first-order valence-corrected chi connectivity index (χ1v) is 10.6. The number of hydrogen-bond donors (Lipinski definition) is 3. The third-order valence-corrected chi connectivity index (χ3v) is 5.25. The van der Waals surface area contributed by atoms with Crippen molar-refractivity contribution in [1.29, 1.82) is 0 Å². The Labute approximate surface area is 175 Å². The van der Waals surface area contributed by atoms with E-state index in [9.17, 15) is 0 Å². The van der Waals surface area contributed by atoms with Crippen LogP contribution in [0.5, 0.6) is 0 Å². The van der Waals surface area contributed by atoms with Crippen LogP contribution in [0.2, 0.25) is 0 Å². The summed E-state index contributed by atoms with van der Waals surface area (Å²) in [6.45, 7) is 2.50. The molecule has 3 N–H and O–H groups in total. The molecule has 8 bridgehead atoms. The van der Waals surface area contributed by atoms with E-state index in [1.165, 1.54) is 32.4 Å². The van der Waals surface area contributed by atoms with E-state index in [1.807, 2.05) is 48.6 Å². The Balaban J connectivity index is 0.000000279. The lowest BCUT2D eigenvalue weighted by Gasteiger charge is -2.08. The van der Waals surface area contributed by atoms with Crippen LogP contribution < -0.4 is 5.32 Å². The summed E-state index contributed by atoms with van der Waals surface area (Å²) >= 11 is 0. The molecule has 1 saturated heterocycles. The second-order valence-corrected chi connectivity index (χ2v) is 7.72. The van der Waals surface area contributed by atoms with Gasteiger partial charge in [0.2, 0.25) is 0 Å². The van der Waals surface area contributed by atoms with E-state index in [0.29, 0.717) is 0 Å². The number of rotatable bonds is 0. The number of H-pyrrole nitrogens is 2. The standard InChI is InChI=1S/C20H14N4.C5H11N/c1-2-14-10-16-5-6-18(23-16)12-20-8-7-19(24-20)11-17-4-3-15(22-17)9-13(1)21-14;1-2-4-6-5-3-1/h1-12,21,24H;6H,1-5H2. The van der Waals surface area contributed by atoms with Crippen molar-refractivity contribution in [3.8, 4) is 0 Å². The molecule has 0 atom stereocenters. The summed E-state index contributed by atoms with van der Waals surface area (Å²) in [6.07, 6.45) is 12.3. The summed E-state index contributed by atoms with van der Waals surface area (Å²) in [5, 5.41) is 3.28. The van der Waals surface area contributed by atoms with E-state index >= 15 is 0 Å². The Hall–Kier alpha value is -3.44. The molecular weight excluding hydrogens is 370 g/mol. The van der Waals surface area contributed by atoms with Gasteiger partial charge in [-0.3, -0.25) is 0 Å². The fraction of sp³-hybridized carbons (Fsp3) is 0.200. The zero-order valence-electron chi connectivity index (χ0n) is 16.9. The van der Waals surface area contributed by atoms with Crippen LogP contribution in [0.3, 0.4) is 0 Å². The molecule has 6 heterocycles. The van der Waals surface area contributed by atoms with Crippen LogP contribution in [-0.2, 0) is 0 Å². The predicted molar refractivity (Wildman–Crippen MR) is 126 cm³/mol. The summed E-state index contributed by atoms with van der Waals surface area (Å²) in [7, 11) is 0. The van der Waals surface area contributed by atoms with Crippen molar-refractivity contribution in [1.82, 2.24) is 25.3 Å². The highest BCUT2D eigenvalue weighted by molar-refractivity contribution is 5.77. The van der Waals surface area contributed by atoms with Gasteiger partial charge in [-0.05, 0) is 98.8 Å². The minimum absolute atomic E-state index is 0.939. The molecular formula is C25H25N5.